The first-order chi connectivity index (χ1) is 7.20. The smallest absolute Gasteiger partial charge is 0.129 e. The van der Waals surface area contributed by atoms with Gasteiger partial charge < -0.3 is 10.2 Å². The van der Waals surface area contributed by atoms with Crippen LogP contribution in [0.1, 0.15) is 19.4 Å². The molecule has 0 saturated carbocycles. The lowest BCUT2D eigenvalue weighted by atomic mass is 10.1. The van der Waals surface area contributed by atoms with E-state index in [0.29, 0.717) is 6.54 Å². The highest BCUT2D eigenvalue weighted by molar-refractivity contribution is 5.53. The number of nitrogens with zero attached hydrogens (tertiary/aromatic N) is 1. The Labute approximate surface area is 91.1 Å². The Morgan fingerprint density at radius 1 is 1.33 bits per heavy atom. The summed E-state index contributed by atoms with van der Waals surface area (Å²) in [6, 6.07) is 5.23. The Morgan fingerprint density at radius 2 is 2.07 bits per heavy atom. The van der Waals surface area contributed by atoms with Crippen molar-refractivity contribution < 1.29 is 4.39 Å². The second-order valence-electron chi connectivity index (χ2n) is 3.53. The number of benzene rings is 1. The molecule has 0 unspecified atom stereocenters. The summed E-state index contributed by atoms with van der Waals surface area (Å²) >= 11 is 0. The lowest BCUT2D eigenvalue weighted by molar-refractivity contribution is 0.592. The van der Waals surface area contributed by atoms with Crippen LogP contribution in [0.5, 0.6) is 0 Å². The fourth-order valence-electron chi connectivity index (χ4n) is 1.50. The van der Waals surface area contributed by atoms with E-state index in [2.05, 4.69) is 17.1 Å². The highest BCUT2D eigenvalue weighted by Crippen LogP contribution is 2.21. The van der Waals surface area contributed by atoms with Gasteiger partial charge in [-0.1, -0.05) is 13.0 Å². The third kappa shape index (κ3) is 2.93. The molecule has 0 atom stereocenters. The van der Waals surface area contributed by atoms with Gasteiger partial charge in [-0.15, -0.1) is 0 Å². The molecule has 0 radical (unpaired) electrons. The number of hydrogen-bond acceptors (Lipinski definition) is 2. The van der Waals surface area contributed by atoms with Crippen LogP contribution in [0.25, 0.3) is 0 Å². The number of nitrogens with one attached hydrogen (secondary N) is 1. The molecule has 0 saturated heterocycles. The molecule has 0 fully saturated rings. The summed E-state index contributed by atoms with van der Waals surface area (Å²) in [5.74, 6) is -0.131. The average molecular weight is 210 g/mol. The predicted molar refractivity (Wildman–Crippen MR) is 62.7 cm³/mol. The van der Waals surface area contributed by atoms with E-state index in [-0.39, 0.29) is 5.82 Å². The predicted octanol–water partition coefficient (Wildman–Crippen LogP) is 2.39. The Morgan fingerprint density at radius 3 is 2.67 bits per heavy atom. The first-order valence-electron chi connectivity index (χ1n) is 5.39. The summed E-state index contributed by atoms with van der Waals surface area (Å²) in [5.41, 5.74) is 1.72. The van der Waals surface area contributed by atoms with Crippen LogP contribution in [-0.4, -0.2) is 20.1 Å². The van der Waals surface area contributed by atoms with E-state index in [1.807, 2.05) is 20.0 Å². The van der Waals surface area contributed by atoms with E-state index in [9.17, 15) is 4.39 Å². The van der Waals surface area contributed by atoms with Gasteiger partial charge in [0.25, 0.3) is 0 Å². The van der Waals surface area contributed by atoms with E-state index in [0.717, 1.165) is 24.3 Å². The van der Waals surface area contributed by atoms with Gasteiger partial charge in [-0.05, 0) is 25.6 Å². The normalized spacial score (nSPS) is 10.4. The molecule has 0 aliphatic carbocycles. The standard InChI is InChI=1S/C12H19FN2/c1-4-14-9-10-11(13)7-6-8-12(10)15(3)5-2/h6-8,14H,4-5,9H2,1-3H3. The van der Waals surface area contributed by atoms with Crippen molar-refractivity contribution in [1.82, 2.24) is 5.32 Å². The van der Waals surface area contributed by atoms with Crippen molar-refractivity contribution in [3.8, 4) is 0 Å². The fourth-order valence-corrected chi connectivity index (χ4v) is 1.50. The lowest BCUT2D eigenvalue weighted by Crippen LogP contribution is -2.21. The molecule has 0 aliphatic rings. The van der Waals surface area contributed by atoms with Crippen LogP contribution >= 0.6 is 0 Å². The zero-order chi connectivity index (χ0) is 11.3. The molecule has 1 N–H and O–H groups in total. The van der Waals surface area contributed by atoms with Gasteiger partial charge in [-0.2, -0.15) is 0 Å². The highest BCUT2D eigenvalue weighted by atomic mass is 19.1. The molecule has 3 heteroatoms. The van der Waals surface area contributed by atoms with E-state index >= 15 is 0 Å². The molecule has 84 valence electrons. The first kappa shape index (κ1) is 12.0. The summed E-state index contributed by atoms with van der Waals surface area (Å²) in [5, 5.41) is 3.16. The molecule has 0 aliphatic heterocycles. The van der Waals surface area contributed by atoms with Gasteiger partial charge in [-0.25, -0.2) is 4.39 Å². The van der Waals surface area contributed by atoms with Crippen LogP contribution in [0.15, 0.2) is 18.2 Å². The Hall–Kier alpha value is -1.09. The topological polar surface area (TPSA) is 15.3 Å². The van der Waals surface area contributed by atoms with Crippen molar-refractivity contribution in [2.45, 2.75) is 20.4 Å². The molecule has 0 bridgehead atoms. The Balaban J connectivity index is 2.97. The molecular formula is C12H19FN2. The van der Waals surface area contributed by atoms with Crippen LogP contribution in [0.4, 0.5) is 10.1 Å². The monoisotopic (exact) mass is 210 g/mol. The lowest BCUT2D eigenvalue weighted by Gasteiger charge is -2.21. The van der Waals surface area contributed by atoms with Crippen molar-refractivity contribution in [1.29, 1.82) is 0 Å². The Kier molecular flexibility index (Phi) is 4.56. The van der Waals surface area contributed by atoms with Crippen molar-refractivity contribution in [2.75, 3.05) is 25.0 Å². The van der Waals surface area contributed by atoms with E-state index < -0.39 is 0 Å². The number of hydrogen-bond donors (Lipinski definition) is 1. The molecule has 1 aromatic rings. The zero-order valence-electron chi connectivity index (χ0n) is 9.68. The molecule has 1 rings (SSSR count). The third-order valence-corrected chi connectivity index (χ3v) is 2.53. The second kappa shape index (κ2) is 5.71. The molecular weight excluding hydrogens is 191 g/mol. The molecule has 0 spiro atoms. The molecule has 0 heterocycles. The summed E-state index contributed by atoms with van der Waals surface area (Å²) in [4.78, 5) is 2.05. The van der Waals surface area contributed by atoms with E-state index in [4.69, 9.17) is 0 Å². The van der Waals surface area contributed by atoms with Crippen molar-refractivity contribution in [3.63, 3.8) is 0 Å². The maximum atomic E-state index is 13.6. The summed E-state index contributed by atoms with van der Waals surface area (Å²) in [7, 11) is 1.98. The number of anilines is 1. The van der Waals surface area contributed by atoms with E-state index in [1.165, 1.54) is 6.07 Å². The SMILES string of the molecule is CCNCc1c(F)cccc1N(C)CC. The number of rotatable bonds is 5. The quantitative estimate of drug-likeness (QED) is 0.802. The molecule has 0 aromatic heterocycles. The van der Waals surface area contributed by atoms with Gasteiger partial charge in [0.2, 0.25) is 0 Å². The maximum absolute atomic E-state index is 13.6. The molecule has 1 aromatic carbocycles. The van der Waals surface area contributed by atoms with Crippen LogP contribution < -0.4 is 10.2 Å². The van der Waals surface area contributed by atoms with Crippen LogP contribution in [-0.2, 0) is 6.54 Å². The van der Waals surface area contributed by atoms with E-state index in [1.54, 1.807) is 6.07 Å². The van der Waals surface area contributed by atoms with Gasteiger partial charge in [0, 0.05) is 31.4 Å². The Bertz CT molecular complexity index is 312. The van der Waals surface area contributed by atoms with Crippen LogP contribution in [0, 0.1) is 5.82 Å². The maximum Gasteiger partial charge on any atom is 0.129 e. The highest BCUT2D eigenvalue weighted by Gasteiger charge is 2.09. The number of halogens is 1. The summed E-state index contributed by atoms with van der Waals surface area (Å²) in [6.07, 6.45) is 0. The van der Waals surface area contributed by atoms with Crippen molar-refractivity contribution in [2.24, 2.45) is 0 Å². The minimum atomic E-state index is -0.131. The van der Waals surface area contributed by atoms with Crippen LogP contribution in [0.3, 0.4) is 0 Å². The van der Waals surface area contributed by atoms with Gasteiger partial charge in [0.1, 0.15) is 5.82 Å². The molecule has 2 nitrogen and oxygen atoms in total. The fraction of sp³-hybridized carbons (Fsp3) is 0.500. The zero-order valence-corrected chi connectivity index (χ0v) is 9.68. The summed E-state index contributed by atoms with van der Waals surface area (Å²) in [6.45, 7) is 6.39. The molecule has 15 heavy (non-hydrogen) atoms. The van der Waals surface area contributed by atoms with Gasteiger partial charge in [0.05, 0.1) is 0 Å². The van der Waals surface area contributed by atoms with Crippen molar-refractivity contribution >= 4 is 5.69 Å². The second-order valence-corrected chi connectivity index (χ2v) is 3.53. The minimum absolute atomic E-state index is 0.131. The summed E-state index contributed by atoms with van der Waals surface area (Å²) < 4.78 is 13.6. The van der Waals surface area contributed by atoms with Crippen LogP contribution in [0.2, 0.25) is 0 Å². The van der Waals surface area contributed by atoms with Gasteiger partial charge in [-0.3, -0.25) is 0 Å². The van der Waals surface area contributed by atoms with Crippen molar-refractivity contribution in [3.05, 3.63) is 29.6 Å². The first-order valence-corrected chi connectivity index (χ1v) is 5.39. The third-order valence-electron chi connectivity index (χ3n) is 2.53. The molecule has 0 amide bonds. The minimum Gasteiger partial charge on any atom is -0.375 e. The average Bonchev–Trinajstić information content (AvgIpc) is 2.26. The van der Waals surface area contributed by atoms with Gasteiger partial charge in [0.15, 0.2) is 0 Å². The largest absolute Gasteiger partial charge is 0.375 e. The van der Waals surface area contributed by atoms with Gasteiger partial charge >= 0.3 is 0 Å².